The lowest BCUT2D eigenvalue weighted by Gasteiger charge is -2.27. The monoisotopic (exact) mass is 202 g/mol. The van der Waals surface area contributed by atoms with Gasteiger partial charge in [0.2, 0.25) is 0 Å². The Balaban J connectivity index is 2.45. The van der Waals surface area contributed by atoms with Gasteiger partial charge in [-0.3, -0.25) is 4.79 Å². The highest BCUT2D eigenvalue weighted by Crippen LogP contribution is 2.31. The first kappa shape index (κ1) is 9.97. The van der Waals surface area contributed by atoms with Gasteiger partial charge in [0.25, 0.3) is 0 Å². The minimum Gasteiger partial charge on any atom is -0.483 e. The third-order valence-corrected chi connectivity index (χ3v) is 2.45. The van der Waals surface area contributed by atoms with Crippen LogP contribution in [0.2, 0.25) is 0 Å². The number of ketones is 1. The molecule has 0 unspecified atom stereocenters. The third-order valence-electron chi connectivity index (χ3n) is 2.45. The molecule has 0 amide bonds. The van der Waals surface area contributed by atoms with Crippen molar-refractivity contribution in [3.8, 4) is 5.75 Å². The average Bonchev–Trinajstić information content (AvgIpc) is 2.15. The molecule has 0 spiro atoms. The number of carbonyl (C=O) groups excluding carboxylic acids is 1. The molecule has 0 fully saturated rings. The van der Waals surface area contributed by atoms with Crippen molar-refractivity contribution in [2.75, 3.05) is 0 Å². The highest BCUT2D eigenvalue weighted by atomic mass is 16.5. The predicted octanol–water partition coefficient (Wildman–Crippen LogP) is 3.07. The largest absolute Gasteiger partial charge is 0.483 e. The van der Waals surface area contributed by atoms with Crippen LogP contribution in [0.25, 0.3) is 6.08 Å². The summed E-state index contributed by atoms with van der Waals surface area (Å²) >= 11 is 0. The van der Waals surface area contributed by atoms with Gasteiger partial charge in [-0.2, -0.15) is 0 Å². The van der Waals surface area contributed by atoms with Crippen molar-refractivity contribution >= 4 is 11.9 Å². The van der Waals surface area contributed by atoms with Gasteiger partial charge in [0, 0.05) is 11.1 Å². The van der Waals surface area contributed by atoms with Gasteiger partial charge in [0.15, 0.2) is 5.78 Å². The number of benzene rings is 1. The van der Waals surface area contributed by atoms with Crippen molar-refractivity contribution in [1.29, 1.82) is 0 Å². The van der Waals surface area contributed by atoms with Gasteiger partial charge < -0.3 is 4.74 Å². The van der Waals surface area contributed by atoms with Crippen LogP contribution in [-0.4, -0.2) is 11.4 Å². The summed E-state index contributed by atoms with van der Waals surface area (Å²) in [7, 11) is 0. The van der Waals surface area contributed by atoms with Crippen LogP contribution >= 0.6 is 0 Å². The van der Waals surface area contributed by atoms with E-state index in [0.717, 1.165) is 16.9 Å². The summed E-state index contributed by atoms with van der Waals surface area (Å²) in [6, 6.07) is 5.52. The molecule has 0 saturated carbocycles. The smallest absolute Gasteiger partial charge is 0.159 e. The molecule has 0 radical (unpaired) electrons. The molecule has 2 heteroatoms. The fourth-order valence-corrected chi connectivity index (χ4v) is 1.60. The Morgan fingerprint density at radius 1 is 1.33 bits per heavy atom. The molecule has 0 saturated heterocycles. The van der Waals surface area contributed by atoms with Crippen molar-refractivity contribution in [3.63, 3.8) is 0 Å². The zero-order chi connectivity index (χ0) is 11.1. The number of rotatable bonds is 1. The van der Waals surface area contributed by atoms with Gasteiger partial charge in [-0.15, -0.1) is 0 Å². The molecule has 78 valence electrons. The van der Waals surface area contributed by atoms with Gasteiger partial charge in [-0.25, -0.2) is 0 Å². The fourth-order valence-electron chi connectivity index (χ4n) is 1.60. The molecule has 15 heavy (non-hydrogen) atoms. The molecule has 0 atom stereocenters. The van der Waals surface area contributed by atoms with E-state index in [4.69, 9.17) is 4.74 Å². The van der Waals surface area contributed by atoms with E-state index in [1.165, 1.54) is 0 Å². The lowest BCUT2D eigenvalue weighted by atomic mass is 10.00. The molecule has 0 aliphatic carbocycles. The first-order valence-corrected chi connectivity index (χ1v) is 5.01. The molecule has 2 nitrogen and oxygen atoms in total. The molecule has 1 aliphatic rings. The van der Waals surface area contributed by atoms with Gasteiger partial charge in [0.05, 0.1) is 0 Å². The first-order chi connectivity index (χ1) is 6.98. The number of hydrogen-bond donors (Lipinski definition) is 0. The zero-order valence-corrected chi connectivity index (χ0v) is 9.20. The third kappa shape index (κ3) is 1.94. The lowest BCUT2D eigenvalue weighted by Crippen LogP contribution is -2.27. The fraction of sp³-hybridized carbons (Fsp3) is 0.308. The van der Waals surface area contributed by atoms with Crippen LogP contribution in [-0.2, 0) is 0 Å². The van der Waals surface area contributed by atoms with Crippen molar-refractivity contribution in [2.24, 2.45) is 0 Å². The van der Waals surface area contributed by atoms with Crippen LogP contribution in [0.3, 0.4) is 0 Å². The Morgan fingerprint density at radius 3 is 2.73 bits per heavy atom. The van der Waals surface area contributed by atoms with Crippen molar-refractivity contribution < 1.29 is 9.53 Å². The van der Waals surface area contributed by atoms with Crippen molar-refractivity contribution in [2.45, 2.75) is 26.4 Å². The Bertz CT molecular complexity index is 442. The summed E-state index contributed by atoms with van der Waals surface area (Å²) in [6.45, 7) is 5.58. The van der Waals surface area contributed by atoms with E-state index in [9.17, 15) is 4.79 Å². The summed E-state index contributed by atoms with van der Waals surface area (Å²) in [5, 5.41) is 0. The maximum atomic E-state index is 11.2. The summed E-state index contributed by atoms with van der Waals surface area (Å²) < 4.78 is 5.76. The zero-order valence-electron chi connectivity index (χ0n) is 9.20. The van der Waals surface area contributed by atoms with E-state index in [2.05, 4.69) is 0 Å². The molecule has 0 N–H and O–H groups in total. The standard InChI is InChI=1S/C13H14O2/c1-9(14)10-4-5-12-11(8-10)6-7-13(2,3)15-12/h4-8H,1-3H3. The highest BCUT2D eigenvalue weighted by Gasteiger charge is 2.21. The van der Waals surface area contributed by atoms with Crippen LogP contribution < -0.4 is 4.74 Å². The molecule has 1 aromatic rings. The van der Waals surface area contributed by atoms with Gasteiger partial charge in [0.1, 0.15) is 11.4 Å². The summed E-state index contributed by atoms with van der Waals surface area (Å²) in [6.07, 6.45) is 4.00. The summed E-state index contributed by atoms with van der Waals surface area (Å²) in [5.41, 5.74) is 1.44. The maximum absolute atomic E-state index is 11.2. The first-order valence-electron chi connectivity index (χ1n) is 5.01. The molecule has 0 bridgehead atoms. The van der Waals surface area contributed by atoms with Gasteiger partial charge in [-0.05, 0) is 45.0 Å². The highest BCUT2D eigenvalue weighted by molar-refractivity contribution is 5.95. The number of carbonyl (C=O) groups is 1. The quantitative estimate of drug-likeness (QED) is 0.654. The van der Waals surface area contributed by atoms with E-state index in [-0.39, 0.29) is 11.4 Å². The topological polar surface area (TPSA) is 26.3 Å². The molecule has 1 aliphatic heterocycles. The van der Waals surface area contributed by atoms with E-state index >= 15 is 0 Å². The van der Waals surface area contributed by atoms with Crippen molar-refractivity contribution in [1.82, 2.24) is 0 Å². The van der Waals surface area contributed by atoms with Crippen LogP contribution in [0.4, 0.5) is 0 Å². The van der Waals surface area contributed by atoms with Crippen molar-refractivity contribution in [3.05, 3.63) is 35.4 Å². The van der Waals surface area contributed by atoms with Crippen LogP contribution in [0.1, 0.15) is 36.7 Å². The summed E-state index contributed by atoms with van der Waals surface area (Å²) in [4.78, 5) is 11.2. The average molecular weight is 202 g/mol. The van der Waals surface area contributed by atoms with Crippen LogP contribution in [0, 0.1) is 0 Å². The van der Waals surface area contributed by atoms with E-state index in [1.54, 1.807) is 13.0 Å². The molecule has 1 heterocycles. The molecular formula is C13H14O2. The second-order valence-corrected chi connectivity index (χ2v) is 4.35. The van der Waals surface area contributed by atoms with Gasteiger partial charge >= 0.3 is 0 Å². The van der Waals surface area contributed by atoms with Crippen LogP contribution in [0.5, 0.6) is 5.75 Å². The SMILES string of the molecule is CC(=O)c1ccc2c(c1)C=CC(C)(C)O2. The van der Waals surface area contributed by atoms with E-state index in [0.29, 0.717) is 0 Å². The maximum Gasteiger partial charge on any atom is 0.159 e. The van der Waals surface area contributed by atoms with E-state index in [1.807, 2.05) is 38.1 Å². The molecule has 1 aromatic carbocycles. The number of fused-ring (bicyclic) bond motifs is 1. The molecule has 2 rings (SSSR count). The minimum absolute atomic E-state index is 0.0797. The van der Waals surface area contributed by atoms with E-state index < -0.39 is 0 Å². The molecular weight excluding hydrogens is 188 g/mol. The number of Topliss-reactive ketones (excluding diaryl/α,β-unsaturated/α-hetero) is 1. The second kappa shape index (κ2) is 3.23. The Hall–Kier alpha value is -1.57. The second-order valence-electron chi connectivity index (χ2n) is 4.35. The Morgan fingerprint density at radius 2 is 2.07 bits per heavy atom. The number of hydrogen-bond acceptors (Lipinski definition) is 2. The Kier molecular flexibility index (Phi) is 2.14. The van der Waals surface area contributed by atoms with Gasteiger partial charge in [-0.1, -0.05) is 6.08 Å². The molecule has 0 aromatic heterocycles. The lowest BCUT2D eigenvalue weighted by molar-refractivity contribution is 0.101. The number of ether oxygens (including phenoxy) is 1. The summed E-state index contributed by atoms with van der Waals surface area (Å²) in [5.74, 6) is 0.920. The predicted molar refractivity (Wildman–Crippen MR) is 60.2 cm³/mol. The van der Waals surface area contributed by atoms with Crippen LogP contribution in [0.15, 0.2) is 24.3 Å². The minimum atomic E-state index is -0.259. The Labute approximate surface area is 89.6 Å². The normalized spacial score (nSPS) is 16.7.